The van der Waals surface area contributed by atoms with Crippen LogP contribution in [-0.2, 0) is 7.05 Å². The van der Waals surface area contributed by atoms with Crippen LogP contribution in [0, 0.1) is 5.92 Å². The molecule has 1 aromatic heterocycles. The predicted molar refractivity (Wildman–Crippen MR) is 83.8 cm³/mol. The van der Waals surface area contributed by atoms with Crippen LogP contribution in [0.4, 0.5) is 11.4 Å². The summed E-state index contributed by atoms with van der Waals surface area (Å²) >= 11 is 0. The Balaban J connectivity index is 1.98. The molecule has 1 aliphatic carbocycles. The van der Waals surface area contributed by atoms with Gasteiger partial charge in [0.1, 0.15) is 0 Å². The summed E-state index contributed by atoms with van der Waals surface area (Å²) < 4.78 is 7.41. The van der Waals surface area contributed by atoms with Gasteiger partial charge in [0.15, 0.2) is 0 Å². The first-order valence-electron chi connectivity index (χ1n) is 7.46. The fourth-order valence-electron chi connectivity index (χ4n) is 3.21. The lowest BCUT2D eigenvalue weighted by molar-refractivity contribution is 0.303. The molecular formula is C16H19N3O2. The maximum atomic E-state index is 12.5. The number of pyridine rings is 1. The van der Waals surface area contributed by atoms with Crippen LogP contribution in [0.1, 0.15) is 19.3 Å². The van der Waals surface area contributed by atoms with Gasteiger partial charge >= 0.3 is 0 Å². The van der Waals surface area contributed by atoms with E-state index in [1.807, 2.05) is 18.2 Å². The van der Waals surface area contributed by atoms with Crippen LogP contribution < -0.4 is 21.3 Å². The molecule has 21 heavy (non-hydrogen) atoms. The van der Waals surface area contributed by atoms with Gasteiger partial charge < -0.3 is 20.4 Å². The molecule has 2 heterocycles. The zero-order valence-electron chi connectivity index (χ0n) is 12.1. The van der Waals surface area contributed by atoms with Gasteiger partial charge in [-0.05, 0) is 37.0 Å². The van der Waals surface area contributed by atoms with Gasteiger partial charge in [0.25, 0.3) is 5.56 Å². The second kappa shape index (κ2) is 4.41. The molecule has 5 nitrogen and oxygen atoms in total. The first kappa shape index (κ1) is 12.6. The van der Waals surface area contributed by atoms with E-state index in [9.17, 15) is 4.79 Å². The zero-order valence-corrected chi connectivity index (χ0v) is 12.1. The number of nitrogen functional groups attached to an aromatic ring is 1. The molecule has 4 rings (SSSR count). The summed E-state index contributed by atoms with van der Waals surface area (Å²) in [6.45, 7) is 0.588. The average molecular weight is 285 g/mol. The molecule has 110 valence electrons. The van der Waals surface area contributed by atoms with Crippen LogP contribution in [0.5, 0.6) is 5.75 Å². The number of anilines is 2. The van der Waals surface area contributed by atoms with Gasteiger partial charge in [-0.2, -0.15) is 0 Å². The second-order valence-corrected chi connectivity index (χ2v) is 6.07. The van der Waals surface area contributed by atoms with Crippen molar-refractivity contribution in [2.75, 3.05) is 17.7 Å². The van der Waals surface area contributed by atoms with Crippen molar-refractivity contribution >= 4 is 22.3 Å². The maximum absolute atomic E-state index is 12.5. The number of fused-ring (bicyclic) bond motifs is 3. The van der Waals surface area contributed by atoms with Crippen molar-refractivity contribution in [3.8, 4) is 5.75 Å². The Morgan fingerprint density at radius 2 is 2.14 bits per heavy atom. The topological polar surface area (TPSA) is 69.3 Å². The number of aryl methyl sites for hydroxylation is 1. The highest BCUT2D eigenvalue weighted by Gasteiger charge is 2.34. The minimum absolute atomic E-state index is 0.0915. The molecule has 1 atom stereocenters. The lowest BCUT2D eigenvalue weighted by Gasteiger charge is -2.18. The van der Waals surface area contributed by atoms with Crippen molar-refractivity contribution < 1.29 is 4.74 Å². The monoisotopic (exact) mass is 285 g/mol. The van der Waals surface area contributed by atoms with E-state index < -0.39 is 0 Å². The molecule has 1 aromatic carbocycles. The zero-order chi connectivity index (χ0) is 14.6. The summed E-state index contributed by atoms with van der Waals surface area (Å²) in [6.07, 6.45) is 3.46. The van der Waals surface area contributed by atoms with Crippen molar-refractivity contribution in [1.29, 1.82) is 0 Å². The second-order valence-electron chi connectivity index (χ2n) is 6.07. The number of hydrogen-bond donors (Lipinski definition) is 2. The largest absolute Gasteiger partial charge is 0.486 e. The molecular weight excluding hydrogens is 266 g/mol. The van der Waals surface area contributed by atoms with E-state index in [0.717, 1.165) is 23.0 Å². The van der Waals surface area contributed by atoms with E-state index >= 15 is 0 Å². The summed E-state index contributed by atoms with van der Waals surface area (Å²) in [5.74, 6) is 1.14. The lowest BCUT2D eigenvalue weighted by Crippen LogP contribution is -2.23. The van der Waals surface area contributed by atoms with Crippen molar-refractivity contribution in [1.82, 2.24) is 4.57 Å². The van der Waals surface area contributed by atoms with E-state index in [0.29, 0.717) is 30.0 Å². The molecule has 1 saturated carbocycles. The third-order valence-electron chi connectivity index (χ3n) is 4.57. The van der Waals surface area contributed by atoms with Gasteiger partial charge in [0.2, 0.25) is 5.75 Å². The molecule has 0 radical (unpaired) electrons. The molecule has 3 N–H and O–H groups in total. The molecule has 2 aliphatic rings. The SMILES string of the molecule is Cn1c(=O)c2c(c3cc(N)ccc31)N[C@H](C1CC1)CCO2. The number of nitrogens with one attached hydrogen (secondary N) is 1. The smallest absolute Gasteiger partial charge is 0.295 e. The minimum atomic E-state index is -0.0915. The lowest BCUT2D eigenvalue weighted by atomic mass is 10.1. The van der Waals surface area contributed by atoms with Crippen LogP contribution in [0.2, 0.25) is 0 Å². The summed E-state index contributed by atoms with van der Waals surface area (Å²) in [6, 6.07) is 6.02. The molecule has 0 bridgehead atoms. The highest BCUT2D eigenvalue weighted by Crippen LogP contribution is 2.40. The molecule has 0 spiro atoms. The van der Waals surface area contributed by atoms with Crippen LogP contribution in [0.15, 0.2) is 23.0 Å². The van der Waals surface area contributed by atoms with Crippen molar-refractivity contribution in [2.45, 2.75) is 25.3 Å². The number of nitrogens with zero attached hydrogens (tertiary/aromatic N) is 1. The third-order valence-corrected chi connectivity index (χ3v) is 4.57. The van der Waals surface area contributed by atoms with Gasteiger partial charge in [-0.15, -0.1) is 0 Å². The number of benzene rings is 1. The molecule has 0 saturated heterocycles. The Bertz CT molecular complexity index is 777. The van der Waals surface area contributed by atoms with E-state index in [1.54, 1.807) is 11.6 Å². The first-order chi connectivity index (χ1) is 10.1. The fraction of sp³-hybridized carbons (Fsp3) is 0.438. The third kappa shape index (κ3) is 1.95. The number of hydrogen-bond acceptors (Lipinski definition) is 4. The summed E-state index contributed by atoms with van der Waals surface area (Å²) in [7, 11) is 1.77. The number of rotatable bonds is 1. The Morgan fingerprint density at radius 1 is 1.33 bits per heavy atom. The molecule has 0 unspecified atom stereocenters. The van der Waals surface area contributed by atoms with Gasteiger partial charge in [0.05, 0.1) is 17.8 Å². The fourth-order valence-corrected chi connectivity index (χ4v) is 3.21. The highest BCUT2D eigenvalue weighted by atomic mass is 16.5. The number of aromatic nitrogens is 1. The average Bonchev–Trinajstić information content (AvgIpc) is 3.29. The molecule has 2 aromatic rings. The van der Waals surface area contributed by atoms with Gasteiger partial charge in [-0.25, -0.2) is 0 Å². The van der Waals surface area contributed by atoms with Gasteiger partial charge in [-0.3, -0.25) is 4.79 Å². The van der Waals surface area contributed by atoms with Crippen LogP contribution in [0.3, 0.4) is 0 Å². The summed E-state index contributed by atoms with van der Waals surface area (Å²) in [4.78, 5) is 12.5. The van der Waals surface area contributed by atoms with Crippen molar-refractivity contribution in [2.24, 2.45) is 13.0 Å². The van der Waals surface area contributed by atoms with Crippen molar-refractivity contribution in [3.05, 3.63) is 28.6 Å². The van der Waals surface area contributed by atoms with Crippen LogP contribution in [0.25, 0.3) is 10.9 Å². The summed E-state index contributed by atoms with van der Waals surface area (Å²) in [5.41, 5.74) is 8.23. The summed E-state index contributed by atoms with van der Waals surface area (Å²) in [5, 5.41) is 4.52. The molecule has 1 fully saturated rings. The number of nitrogens with two attached hydrogens (primary N) is 1. The Hall–Kier alpha value is -2.17. The van der Waals surface area contributed by atoms with E-state index in [2.05, 4.69) is 5.32 Å². The Kier molecular flexibility index (Phi) is 2.64. The van der Waals surface area contributed by atoms with Gasteiger partial charge in [0, 0.05) is 30.6 Å². The van der Waals surface area contributed by atoms with E-state index in [4.69, 9.17) is 10.5 Å². The highest BCUT2D eigenvalue weighted by molar-refractivity contribution is 5.96. The molecule has 0 amide bonds. The van der Waals surface area contributed by atoms with Crippen LogP contribution >= 0.6 is 0 Å². The minimum Gasteiger partial charge on any atom is -0.486 e. The predicted octanol–water partition coefficient (Wildman–Crippen LogP) is 2.09. The standard InChI is InChI=1S/C16H19N3O2/c1-19-13-5-4-10(17)8-11(13)14-15(16(19)20)21-7-6-12(18-14)9-2-3-9/h4-5,8-9,12,18H,2-3,6-7,17H2,1H3/t12-/m0/s1. The normalized spacial score (nSPS) is 21.3. The van der Waals surface area contributed by atoms with Crippen molar-refractivity contribution in [3.63, 3.8) is 0 Å². The Morgan fingerprint density at radius 3 is 2.90 bits per heavy atom. The maximum Gasteiger partial charge on any atom is 0.295 e. The first-order valence-corrected chi connectivity index (χ1v) is 7.46. The van der Waals surface area contributed by atoms with Gasteiger partial charge in [-0.1, -0.05) is 0 Å². The quantitative estimate of drug-likeness (QED) is 0.787. The van der Waals surface area contributed by atoms with Crippen LogP contribution in [-0.4, -0.2) is 17.2 Å². The number of ether oxygens (including phenoxy) is 1. The molecule has 1 aliphatic heterocycles. The van der Waals surface area contributed by atoms with E-state index in [-0.39, 0.29) is 5.56 Å². The Labute approximate surface area is 122 Å². The molecule has 5 heteroatoms. The van der Waals surface area contributed by atoms with E-state index in [1.165, 1.54) is 12.8 Å².